The molecule has 0 aliphatic heterocycles. The average Bonchev–Trinajstić information content (AvgIpc) is 3.16. The van der Waals surface area contributed by atoms with Crippen LogP contribution in [0.3, 0.4) is 0 Å². The normalized spacial score (nSPS) is 10.5. The maximum Gasteiger partial charge on any atom is 0.203 e. The minimum absolute atomic E-state index is 0.519. The predicted molar refractivity (Wildman–Crippen MR) is 101 cm³/mol. The molecule has 0 aliphatic carbocycles. The molecule has 0 unspecified atom stereocenters. The van der Waals surface area contributed by atoms with Crippen molar-refractivity contribution in [2.24, 2.45) is 0 Å². The zero-order valence-electron chi connectivity index (χ0n) is 14.9. The number of aromatic nitrogens is 1. The Morgan fingerprint density at radius 2 is 1.46 bits per heavy atom. The number of thiol groups is 1. The quantitative estimate of drug-likeness (QED) is 0.649. The molecule has 0 radical (unpaired) electrons. The van der Waals surface area contributed by atoms with Gasteiger partial charge in [0.1, 0.15) is 11.4 Å². The van der Waals surface area contributed by atoms with Crippen LogP contribution in [0.1, 0.15) is 0 Å². The van der Waals surface area contributed by atoms with E-state index in [4.69, 9.17) is 23.4 Å². The van der Waals surface area contributed by atoms with Gasteiger partial charge in [-0.25, -0.2) is 4.98 Å². The first-order valence-electron chi connectivity index (χ1n) is 7.74. The summed E-state index contributed by atoms with van der Waals surface area (Å²) in [7, 11) is 6.31. The molecule has 0 N–H and O–H groups in total. The standard InChI is InChI=1S/C19H19NO5S/c1-21-13-6-5-11(9-16(13)26)18-17(20-10-25-18)12-7-14(22-2)19(24-4)15(8-12)23-3/h5-10,26H,1-4H3. The lowest BCUT2D eigenvalue weighted by Gasteiger charge is -2.14. The van der Waals surface area contributed by atoms with E-state index in [2.05, 4.69) is 17.6 Å². The second-order valence-corrected chi connectivity index (χ2v) is 5.81. The minimum Gasteiger partial charge on any atom is -0.496 e. The summed E-state index contributed by atoms with van der Waals surface area (Å²) in [6.45, 7) is 0. The van der Waals surface area contributed by atoms with E-state index in [0.717, 1.165) is 11.1 Å². The topological polar surface area (TPSA) is 63.0 Å². The zero-order valence-corrected chi connectivity index (χ0v) is 15.8. The van der Waals surface area contributed by atoms with Crippen molar-refractivity contribution < 1.29 is 23.4 Å². The molecule has 0 spiro atoms. The molecule has 2 aromatic carbocycles. The lowest BCUT2D eigenvalue weighted by atomic mass is 10.0. The molecule has 0 amide bonds. The fourth-order valence-electron chi connectivity index (χ4n) is 2.71. The monoisotopic (exact) mass is 373 g/mol. The highest BCUT2D eigenvalue weighted by molar-refractivity contribution is 7.80. The molecule has 0 atom stereocenters. The first-order chi connectivity index (χ1) is 12.6. The van der Waals surface area contributed by atoms with Gasteiger partial charge in [0.25, 0.3) is 0 Å². The lowest BCUT2D eigenvalue weighted by molar-refractivity contribution is 0.324. The van der Waals surface area contributed by atoms with E-state index in [1.165, 1.54) is 6.39 Å². The summed E-state index contributed by atoms with van der Waals surface area (Å²) in [6.07, 6.45) is 1.40. The number of ether oxygens (including phenoxy) is 4. The van der Waals surface area contributed by atoms with Gasteiger partial charge < -0.3 is 23.4 Å². The van der Waals surface area contributed by atoms with Crippen LogP contribution in [-0.2, 0) is 0 Å². The van der Waals surface area contributed by atoms with Gasteiger partial charge in [-0.1, -0.05) is 0 Å². The molecule has 26 heavy (non-hydrogen) atoms. The fraction of sp³-hybridized carbons (Fsp3) is 0.211. The molecular formula is C19H19NO5S. The van der Waals surface area contributed by atoms with Gasteiger partial charge in [-0.05, 0) is 30.3 Å². The highest BCUT2D eigenvalue weighted by Gasteiger charge is 2.19. The Morgan fingerprint density at radius 1 is 0.808 bits per heavy atom. The smallest absolute Gasteiger partial charge is 0.203 e. The average molecular weight is 373 g/mol. The van der Waals surface area contributed by atoms with Gasteiger partial charge in [0.2, 0.25) is 5.75 Å². The van der Waals surface area contributed by atoms with Crippen LogP contribution in [0.25, 0.3) is 22.6 Å². The SMILES string of the molecule is COc1ccc(-c2ocnc2-c2cc(OC)c(OC)c(OC)c2)cc1S. The summed E-state index contributed by atoms with van der Waals surface area (Å²) < 4.78 is 27.1. The Kier molecular flexibility index (Phi) is 5.27. The molecule has 0 saturated heterocycles. The van der Waals surface area contributed by atoms with E-state index in [1.807, 2.05) is 30.3 Å². The number of hydrogen-bond donors (Lipinski definition) is 1. The molecule has 0 saturated carbocycles. The Morgan fingerprint density at radius 3 is 2.00 bits per heavy atom. The third-order valence-corrected chi connectivity index (χ3v) is 4.30. The first kappa shape index (κ1) is 18.0. The van der Waals surface area contributed by atoms with Crippen LogP contribution in [0.2, 0.25) is 0 Å². The van der Waals surface area contributed by atoms with Crippen molar-refractivity contribution in [2.45, 2.75) is 4.90 Å². The molecule has 1 aromatic heterocycles. The number of hydrogen-bond acceptors (Lipinski definition) is 7. The second-order valence-electron chi connectivity index (χ2n) is 5.33. The van der Waals surface area contributed by atoms with Gasteiger partial charge in [-0.3, -0.25) is 0 Å². The number of rotatable bonds is 6. The number of benzene rings is 2. The molecule has 0 aliphatic rings. The second kappa shape index (κ2) is 7.61. The summed E-state index contributed by atoms with van der Waals surface area (Å²) in [6, 6.07) is 9.24. The van der Waals surface area contributed by atoms with E-state index in [0.29, 0.717) is 39.3 Å². The summed E-state index contributed by atoms with van der Waals surface area (Å²) in [5.41, 5.74) is 2.26. The first-order valence-corrected chi connectivity index (χ1v) is 8.18. The molecule has 3 aromatic rings. The van der Waals surface area contributed by atoms with Gasteiger partial charge in [-0.15, -0.1) is 12.6 Å². The maximum absolute atomic E-state index is 5.64. The molecule has 0 fully saturated rings. The van der Waals surface area contributed by atoms with Crippen molar-refractivity contribution in [1.82, 2.24) is 4.98 Å². The summed E-state index contributed by atoms with van der Waals surface area (Å²) in [4.78, 5) is 5.07. The Balaban J connectivity index is 2.13. The lowest BCUT2D eigenvalue weighted by Crippen LogP contribution is -1.96. The van der Waals surface area contributed by atoms with Crippen LogP contribution in [0.4, 0.5) is 0 Å². The highest BCUT2D eigenvalue weighted by Crippen LogP contribution is 2.43. The van der Waals surface area contributed by atoms with E-state index in [1.54, 1.807) is 28.4 Å². The van der Waals surface area contributed by atoms with Gasteiger partial charge in [-0.2, -0.15) is 0 Å². The van der Waals surface area contributed by atoms with Crippen molar-refractivity contribution in [2.75, 3.05) is 28.4 Å². The van der Waals surface area contributed by atoms with Crippen molar-refractivity contribution in [3.8, 4) is 45.6 Å². The van der Waals surface area contributed by atoms with Crippen molar-refractivity contribution in [3.63, 3.8) is 0 Å². The van der Waals surface area contributed by atoms with Crippen LogP contribution >= 0.6 is 12.6 Å². The van der Waals surface area contributed by atoms with Crippen LogP contribution in [0.5, 0.6) is 23.0 Å². The predicted octanol–water partition coefficient (Wildman–Crippen LogP) is 4.33. The van der Waals surface area contributed by atoms with Crippen molar-refractivity contribution in [3.05, 3.63) is 36.7 Å². The Hall–Kier alpha value is -2.80. The molecule has 1 heterocycles. The molecule has 6 nitrogen and oxygen atoms in total. The van der Waals surface area contributed by atoms with Crippen LogP contribution in [-0.4, -0.2) is 33.4 Å². The van der Waals surface area contributed by atoms with Gasteiger partial charge in [0.05, 0.1) is 28.4 Å². The third kappa shape index (κ3) is 3.17. The number of methoxy groups -OCH3 is 4. The van der Waals surface area contributed by atoms with Crippen molar-refractivity contribution in [1.29, 1.82) is 0 Å². The summed E-state index contributed by atoms with van der Waals surface area (Å²) in [5.74, 6) is 2.90. The molecule has 3 rings (SSSR count). The molecular weight excluding hydrogens is 354 g/mol. The highest BCUT2D eigenvalue weighted by atomic mass is 32.1. The third-order valence-electron chi connectivity index (χ3n) is 3.95. The summed E-state index contributed by atoms with van der Waals surface area (Å²) in [5, 5.41) is 0. The molecule has 136 valence electrons. The van der Waals surface area contributed by atoms with Crippen LogP contribution in [0.15, 0.2) is 46.0 Å². The number of nitrogens with zero attached hydrogens (tertiary/aromatic N) is 1. The minimum atomic E-state index is 0.519. The van der Waals surface area contributed by atoms with Gasteiger partial charge in [0, 0.05) is 16.0 Å². The molecule has 7 heteroatoms. The van der Waals surface area contributed by atoms with Crippen molar-refractivity contribution >= 4 is 12.6 Å². The van der Waals surface area contributed by atoms with Gasteiger partial charge in [0.15, 0.2) is 23.7 Å². The Bertz CT molecular complexity index is 897. The Labute approximate surface area is 157 Å². The zero-order chi connectivity index (χ0) is 18.7. The fourth-order valence-corrected chi connectivity index (χ4v) is 3.01. The van der Waals surface area contributed by atoms with E-state index >= 15 is 0 Å². The number of oxazole rings is 1. The van der Waals surface area contributed by atoms with Crippen LogP contribution < -0.4 is 18.9 Å². The molecule has 0 bridgehead atoms. The summed E-state index contributed by atoms with van der Waals surface area (Å²) >= 11 is 4.45. The largest absolute Gasteiger partial charge is 0.496 e. The van der Waals surface area contributed by atoms with Gasteiger partial charge >= 0.3 is 0 Å². The van der Waals surface area contributed by atoms with Crippen LogP contribution in [0, 0.1) is 0 Å². The van der Waals surface area contributed by atoms with E-state index in [9.17, 15) is 0 Å². The van der Waals surface area contributed by atoms with E-state index < -0.39 is 0 Å². The maximum atomic E-state index is 5.64. The van der Waals surface area contributed by atoms with E-state index in [-0.39, 0.29) is 0 Å².